The van der Waals surface area contributed by atoms with Crippen molar-refractivity contribution in [1.82, 2.24) is 0 Å². The molecule has 1 atom stereocenters. The molecule has 5 nitrogen and oxygen atoms in total. The van der Waals surface area contributed by atoms with E-state index in [1.165, 1.54) is 6.07 Å². The lowest BCUT2D eigenvalue weighted by Gasteiger charge is -2.24. The molecular formula is C20H22O5. The molecule has 2 aromatic rings. The molecule has 0 bridgehead atoms. The van der Waals surface area contributed by atoms with E-state index < -0.39 is 11.7 Å². The highest BCUT2D eigenvalue weighted by Gasteiger charge is 2.35. The van der Waals surface area contributed by atoms with Crippen LogP contribution in [0, 0.1) is 0 Å². The fraction of sp³-hybridized carbons (Fsp3) is 0.350. The average Bonchev–Trinajstić information content (AvgIpc) is 2.96. The summed E-state index contributed by atoms with van der Waals surface area (Å²) in [5, 5.41) is 29.6. The highest BCUT2D eigenvalue weighted by Crippen LogP contribution is 2.37. The molecule has 0 aromatic heterocycles. The van der Waals surface area contributed by atoms with Crippen molar-refractivity contribution in [1.29, 1.82) is 0 Å². The maximum absolute atomic E-state index is 12.5. The molecule has 1 heterocycles. The lowest BCUT2D eigenvalue weighted by atomic mass is 9.95. The zero-order chi connectivity index (χ0) is 18.2. The van der Waals surface area contributed by atoms with Gasteiger partial charge in [-0.3, -0.25) is 4.79 Å². The van der Waals surface area contributed by atoms with Crippen molar-refractivity contribution in [3.05, 3.63) is 53.1 Å². The van der Waals surface area contributed by atoms with Gasteiger partial charge in [-0.05, 0) is 49.6 Å². The summed E-state index contributed by atoms with van der Waals surface area (Å²) < 4.78 is 5.68. The number of aromatic hydroxyl groups is 2. The smallest absolute Gasteiger partial charge is 0.166 e. The second-order valence-electron chi connectivity index (χ2n) is 7.03. The van der Waals surface area contributed by atoms with E-state index in [1.54, 1.807) is 44.2 Å². The molecule has 0 amide bonds. The van der Waals surface area contributed by atoms with E-state index in [2.05, 4.69) is 0 Å². The normalized spacial score (nSPS) is 16.4. The summed E-state index contributed by atoms with van der Waals surface area (Å²) in [6.45, 7) is 3.35. The third-order valence-corrected chi connectivity index (χ3v) is 4.52. The molecule has 132 valence electrons. The Balaban J connectivity index is 1.73. The number of rotatable bonds is 5. The van der Waals surface area contributed by atoms with Crippen LogP contribution in [-0.4, -0.2) is 32.8 Å². The lowest BCUT2D eigenvalue weighted by molar-refractivity contribution is -0.0230. The fourth-order valence-corrected chi connectivity index (χ4v) is 2.95. The first-order valence-corrected chi connectivity index (χ1v) is 8.30. The first-order chi connectivity index (χ1) is 11.7. The molecule has 0 saturated heterocycles. The highest BCUT2D eigenvalue weighted by molar-refractivity contribution is 5.99. The molecule has 3 rings (SSSR count). The zero-order valence-electron chi connectivity index (χ0n) is 14.3. The molecule has 0 fully saturated rings. The van der Waals surface area contributed by atoms with Gasteiger partial charge in [-0.25, -0.2) is 0 Å². The predicted molar refractivity (Wildman–Crippen MR) is 93.3 cm³/mol. The van der Waals surface area contributed by atoms with Crippen molar-refractivity contribution < 1.29 is 24.9 Å². The van der Waals surface area contributed by atoms with Crippen LogP contribution in [0.4, 0.5) is 0 Å². The molecule has 0 unspecified atom stereocenters. The Labute approximate surface area is 146 Å². The largest absolute Gasteiger partial charge is 0.508 e. The number of aliphatic hydroxyl groups is 1. The number of hydrogen-bond acceptors (Lipinski definition) is 5. The Bertz CT molecular complexity index is 787. The fourth-order valence-electron chi connectivity index (χ4n) is 2.95. The van der Waals surface area contributed by atoms with Crippen molar-refractivity contribution in [2.24, 2.45) is 0 Å². The zero-order valence-corrected chi connectivity index (χ0v) is 14.3. The van der Waals surface area contributed by atoms with Crippen LogP contribution in [0.5, 0.6) is 17.2 Å². The summed E-state index contributed by atoms with van der Waals surface area (Å²) >= 11 is 0. The van der Waals surface area contributed by atoms with Gasteiger partial charge in [0.05, 0.1) is 11.2 Å². The molecule has 0 aliphatic carbocycles. The highest BCUT2D eigenvalue weighted by atomic mass is 16.5. The molecule has 2 aromatic carbocycles. The number of aryl methyl sites for hydroxylation is 1. The Morgan fingerprint density at radius 1 is 1.20 bits per heavy atom. The number of carbonyl (C=O) groups excluding carboxylic acids is 1. The number of carbonyl (C=O) groups is 1. The standard InChI is InChI=1S/C20H22O5/c1-20(2,24)19-10-13-9-15(17(23)11-18(13)25-19)16(22)8-5-12-3-6-14(21)7-4-12/h3-4,6-7,9,11,19,21,23-24H,5,8,10H2,1-2H3/t19-/m1/s1. The van der Waals surface area contributed by atoms with Crippen LogP contribution in [-0.2, 0) is 12.8 Å². The van der Waals surface area contributed by atoms with Gasteiger partial charge < -0.3 is 20.1 Å². The number of benzene rings is 2. The Morgan fingerprint density at radius 2 is 1.88 bits per heavy atom. The first-order valence-electron chi connectivity index (χ1n) is 8.30. The maximum atomic E-state index is 12.5. The first kappa shape index (κ1) is 17.3. The van der Waals surface area contributed by atoms with Gasteiger partial charge in [-0.2, -0.15) is 0 Å². The van der Waals surface area contributed by atoms with Gasteiger partial charge in [-0.1, -0.05) is 12.1 Å². The topological polar surface area (TPSA) is 87.0 Å². The van der Waals surface area contributed by atoms with E-state index in [9.17, 15) is 20.1 Å². The van der Waals surface area contributed by atoms with Gasteiger partial charge in [0.2, 0.25) is 0 Å². The third kappa shape index (κ3) is 3.77. The van der Waals surface area contributed by atoms with Crippen molar-refractivity contribution in [3.63, 3.8) is 0 Å². The van der Waals surface area contributed by atoms with Crippen LogP contribution in [0.3, 0.4) is 0 Å². The van der Waals surface area contributed by atoms with Crippen molar-refractivity contribution >= 4 is 5.78 Å². The minimum atomic E-state index is -1.00. The van der Waals surface area contributed by atoms with Crippen molar-refractivity contribution in [3.8, 4) is 17.2 Å². The van der Waals surface area contributed by atoms with Crippen molar-refractivity contribution in [2.75, 3.05) is 0 Å². The summed E-state index contributed by atoms with van der Waals surface area (Å²) in [6.07, 6.45) is 0.882. The number of hydrogen-bond donors (Lipinski definition) is 3. The number of ether oxygens (including phenoxy) is 1. The Morgan fingerprint density at radius 3 is 2.52 bits per heavy atom. The number of fused-ring (bicyclic) bond motifs is 1. The van der Waals surface area contributed by atoms with Gasteiger partial charge in [0.25, 0.3) is 0 Å². The predicted octanol–water partition coefficient (Wildman–Crippen LogP) is 2.99. The third-order valence-electron chi connectivity index (χ3n) is 4.52. The summed E-state index contributed by atoms with van der Waals surface area (Å²) in [5.41, 5.74) is 1.03. The number of phenols is 2. The number of Topliss-reactive ketones (excluding diaryl/α,β-unsaturated/α-hetero) is 1. The van der Waals surface area contributed by atoms with Crippen LogP contribution in [0.1, 0.15) is 41.8 Å². The Hall–Kier alpha value is -2.53. The SMILES string of the molecule is CC(C)(O)[C@H]1Cc2cc(C(=O)CCc3ccc(O)cc3)c(O)cc2O1. The summed E-state index contributed by atoms with van der Waals surface area (Å²) in [7, 11) is 0. The van der Waals surface area contributed by atoms with Gasteiger partial charge in [0, 0.05) is 18.9 Å². The van der Waals surface area contributed by atoms with E-state index in [0.717, 1.165) is 11.1 Å². The van der Waals surface area contributed by atoms with E-state index in [4.69, 9.17) is 4.74 Å². The van der Waals surface area contributed by atoms with Crippen LogP contribution >= 0.6 is 0 Å². The van der Waals surface area contributed by atoms with Gasteiger partial charge in [0.15, 0.2) is 5.78 Å². The van der Waals surface area contributed by atoms with Crippen molar-refractivity contribution in [2.45, 2.75) is 44.8 Å². The van der Waals surface area contributed by atoms with Crippen LogP contribution < -0.4 is 4.74 Å². The maximum Gasteiger partial charge on any atom is 0.166 e. The summed E-state index contributed by atoms with van der Waals surface area (Å²) in [5.74, 6) is 0.443. The molecule has 1 aliphatic rings. The number of ketones is 1. The van der Waals surface area contributed by atoms with E-state index >= 15 is 0 Å². The van der Waals surface area contributed by atoms with E-state index in [1.807, 2.05) is 0 Å². The average molecular weight is 342 g/mol. The number of phenolic OH excluding ortho intramolecular Hbond substituents is 2. The molecule has 1 aliphatic heterocycles. The molecule has 0 radical (unpaired) electrons. The van der Waals surface area contributed by atoms with Gasteiger partial charge in [0.1, 0.15) is 23.4 Å². The van der Waals surface area contributed by atoms with Gasteiger partial charge in [-0.15, -0.1) is 0 Å². The quantitative estimate of drug-likeness (QED) is 0.727. The second-order valence-corrected chi connectivity index (χ2v) is 7.03. The molecule has 0 spiro atoms. The van der Waals surface area contributed by atoms with Crippen LogP contribution in [0.15, 0.2) is 36.4 Å². The molecule has 0 saturated carbocycles. The molecule has 3 N–H and O–H groups in total. The molecule has 25 heavy (non-hydrogen) atoms. The van der Waals surface area contributed by atoms with E-state index in [-0.39, 0.29) is 29.3 Å². The molecular weight excluding hydrogens is 320 g/mol. The monoisotopic (exact) mass is 342 g/mol. The summed E-state index contributed by atoms with van der Waals surface area (Å²) in [6, 6.07) is 9.83. The lowest BCUT2D eigenvalue weighted by Crippen LogP contribution is -2.39. The minimum absolute atomic E-state index is 0.106. The minimum Gasteiger partial charge on any atom is -0.508 e. The molecule has 5 heteroatoms. The Kier molecular flexibility index (Phi) is 4.43. The van der Waals surface area contributed by atoms with Crippen LogP contribution in [0.25, 0.3) is 0 Å². The van der Waals surface area contributed by atoms with E-state index in [0.29, 0.717) is 18.6 Å². The van der Waals surface area contributed by atoms with Crippen LogP contribution in [0.2, 0.25) is 0 Å². The van der Waals surface area contributed by atoms with Gasteiger partial charge >= 0.3 is 0 Å². The summed E-state index contributed by atoms with van der Waals surface area (Å²) in [4.78, 5) is 12.5. The second kappa shape index (κ2) is 6.41.